The highest BCUT2D eigenvalue weighted by Gasteiger charge is 2.26. The number of hydrogen-bond donors (Lipinski definition) is 0. The topological polar surface area (TPSA) is 101 Å². The van der Waals surface area contributed by atoms with E-state index in [0.717, 1.165) is 17.9 Å². The predicted octanol–water partition coefficient (Wildman–Crippen LogP) is 2.36. The van der Waals surface area contributed by atoms with Crippen molar-refractivity contribution in [1.82, 2.24) is 4.90 Å². The number of piperazine rings is 1. The van der Waals surface area contributed by atoms with Crippen molar-refractivity contribution in [3.63, 3.8) is 0 Å². The van der Waals surface area contributed by atoms with Crippen LogP contribution in [0.5, 0.6) is 0 Å². The Kier molecular flexibility index (Phi) is 5.97. The number of anilines is 1. The van der Waals surface area contributed by atoms with Gasteiger partial charge in [-0.2, -0.15) is 0 Å². The van der Waals surface area contributed by atoms with E-state index in [0.29, 0.717) is 31.9 Å². The first-order chi connectivity index (χ1) is 13.8. The summed E-state index contributed by atoms with van der Waals surface area (Å²) in [4.78, 5) is 26.7. The van der Waals surface area contributed by atoms with Crippen LogP contribution in [0.15, 0.2) is 59.5 Å². The molecule has 0 saturated carbocycles. The molecule has 1 aliphatic heterocycles. The Hall–Kier alpha value is -3.20. The van der Waals surface area contributed by atoms with Crippen molar-refractivity contribution in [3.8, 4) is 0 Å². The van der Waals surface area contributed by atoms with Crippen molar-refractivity contribution in [2.75, 3.05) is 37.3 Å². The first kappa shape index (κ1) is 20.5. The highest BCUT2D eigenvalue weighted by atomic mass is 32.2. The number of carbonyl (C=O) groups is 1. The zero-order valence-electron chi connectivity index (χ0n) is 15.9. The molecular weight excluding hydrogens is 394 g/mol. The second kappa shape index (κ2) is 8.44. The fourth-order valence-corrected chi connectivity index (χ4v) is 3.79. The third-order valence-electron chi connectivity index (χ3n) is 4.72. The van der Waals surface area contributed by atoms with E-state index in [9.17, 15) is 23.3 Å². The number of sulfone groups is 1. The number of hydrogen-bond acceptors (Lipinski definition) is 6. The Balaban J connectivity index is 1.70. The Morgan fingerprint density at radius 1 is 1.07 bits per heavy atom. The Bertz CT molecular complexity index is 1040. The van der Waals surface area contributed by atoms with Gasteiger partial charge in [0.1, 0.15) is 5.69 Å². The van der Waals surface area contributed by atoms with E-state index in [-0.39, 0.29) is 16.5 Å². The zero-order valence-corrected chi connectivity index (χ0v) is 16.7. The highest BCUT2D eigenvalue weighted by molar-refractivity contribution is 7.90. The highest BCUT2D eigenvalue weighted by Crippen LogP contribution is 2.31. The summed E-state index contributed by atoms with van der Waals surface area (Å²) in [7, 11) is -3.54. The smallest absolute Gasteiger partial charge is 0.293 e. The van der Waals surface area contributed by atoms with Crippen molar-refractivity contribution >= 4 is 33.2 Å². The second-order valence-electron chi connectivity index (χ2n) is 6.74. The summed E-state index contributed by atoms with van der Waals surface area (Å²) in [6, 6.07) is 13.4. The van der Waals surface area contributed by atoms with Gasteiger partial charge < -0.3 is 9.80 Å². The van der Waals surface area contributed by atoms with E-state index < -0.39 is 14.8 Å². The molecule has 0 spiro atoms. The second-order valence-corrected chi connectivity index (χ2v) is 8.75. The lowest BCUT2D eigenvalue weighted by atomic mass is 10.2. The number of nitro benzene ring substituents is 1. The molecular formula is C20H21N3O5S. The van der Waals surface area contributed by atoms with Crippen molar-refractivity contribution in [3.05, 3.63) is 70.3 Å². The molecule has 8 nitrogen and oxygen atoms in total. The number of benzene rings is 2. The van der Waals surface area contributed by atoms with Gasteiger partial charge in [-0.3, -0.25) is 14.9 Å². The molecule has 1 saturated heterocycles. The minimum absolute atomic E-state index is 0.0900. The first-order valence-electron chi connectivity index (χ1n) is 9.01. The van der Waals surface area contributed by atoms with Gasteiger partial charge in [-0.1, -0.05) is 30.3 Å². The molecule has 0 aromatic heterocycles. The van der Waals surface area contributed by atoms with Gasteiger partial charge in [-0.05, 0) is 23.8 Å². The summed E-state index contributed by atoms with van der Waals surface area (Å²) in [5, 5.41) is 11.4. The monoisotopic (exact) mass is 415 g/mol. The van der Waals surface area contributed by atoms with Crippen LogP contribution in [0.2, 0.25) is 0 Å². The van der Waals surface area contributed by atoms with Gasteiger partial charge >= 0.3 is 0 Å². The van der Waals surface area contributed by atoms with Gasteiger partial charge in [-0.15, -0.1) is 0 Å². The fraction of sp³-hybridized carbons (Fsp3) is 0.250. The van der Waals surface area contributed by atoms with E-state index in [4.69, 9.17) is 0 Å². The van der Waals surface area contributed by atoms with Crippen LogP contribution in [0.1, 0.15) is 5.56 Å². The molecule has 1 fully saturated rings. The Morgan fingerprint density at radius 2 is 1.72 bits per heavy atom. The number of nitro groups is 1. The summed E-state index contributed by atoms with van der Waals surface area (Å²) in [5.41, 5.74) is 1.03. The Morgan fingerprint density at radius 3 is 2.31 bits per heavy atom. The van der Waals surface area contributed by atoms with Gasteiger partial charge in [0, 0.05) is 44.6 Å². The molecule has 0 bridgehead atoms. The van der Waals surface area contributed by atoms with Gasteiger partial charge in [0.15, 0.2) is 9.84 Å². The fourth-order valence-electron chi connectivity index (χ4n) is 3.15. The lowest BCUT2D eigenvalue weighted by molar-refractivity contribution is -0.384. The summed E-state index contributed by atoms with van der Waals surface area (Å²) < 4.78 is 23.4. The van der Waals surface area contributed by atoms with Gasteiger partial charge in [0.2, 0.25) is 5.91 Å². The van der Waals surface area contributed by atoms with Crippen LogP contribution < -0.4 is 4.90 Å². The standard InChI is InChI=1S/C20H21N3O5S/c1-29(27,28)17-8-9-18(19(15-17)23(25)26)21-11-13-22(14-12-21)20(24)10-7-16-5-3-2-4-6-16/h2-10,15H,11-14H2,1H3/b10-7+. The summed E-state index contributed by atoms with van der Waals surface area (Å²) in [5.74, 6) is -0.115. The van der Waals surface area contributed by atoms with Crippen LogP contribution in [-0.4, -0.2) is 56.6 Å². The molecule has 0 aliphatic carbocycles. The molecule has 1 heterocycles. The molecule has 1 amide bonds. The molecule has 2 aromatic carbocycles. The molecule has 0 radical (unpaired) electrons. The van der Waals surface area contributed by atoms with Crippen LogP contribution in [0, 0.1) is 10.1 Å². The van der Waals surface area contributed by atoms with Crippen LogP contribution in [0.25, 0.3) is 6.08 Å². The normalized spacial score (nSPS) is 14.9. The van der Waals surface area contributed by atoms with Gasteiger partial charge in [0.25, 0.3) is 5.69 Å². The van der Waals surface area contributed by atoms with E-state index in [1.165, 1.54) is 18.2 Å². The van der Waals surface area contributed by atoms with E-state index in [1.807, 2.05) is 30.3 Å². The molecule has 9 heteroatoms. The lowest BCUT2D eigenvalue weighted by Crippen LogP contribution is -2.48. The minimum atomic E-state index is -3.54. The summed E-state index contributed by atoms with van der Waals surface area (Å²) in [6.45, 7) is 1.68. The van der Waals surface area contributed by atoms with E-state index >= 15 is 0 Å². The van der Waals surface area contributed by atoms with Crippen LogP contribution in [0.3, 0.4) is 0 Å². The average molecular weight is 415 g/mol. The SMILES string of the molecule is CS(=O)(=O)c1ccc(N2CCN(C(=O)/C=C/c3ccccc3)CC2)c([N+](=O)[O-])c1. The largest absolute Gasteiger partial charge is 0.362 e. The van der Waals surface area contributed by atoms with Crippen LogP contribution >= 0.6 is 0 Å². The molecule has 0 unspecified atom stereocenters. The molecule has 0 atom stereocenters. The maximum atomic E-state index is 12.4. The first-order valence-corrected chi connectivity index (χ1v) is 10.9. The minimum Gasteiger partial charge on any atom is -0.362 e. The van der Waals surface area contributed by atoms with Gasteiger partial charge in [0.05, 0.1) is 9.82 Å². The van der Waals surface area contributed by atoms with Crippen molar-refractivity contribution < 1.29 is 18.1 Å². The number of nitrogens with zero attached hydrogens (tertiary/aromatic N) is 3. The van der Waals surface area contributed by atoms with E-state index in [1.54, 1.807) is 15.9 Å². The molecule has 29 heavy (non-hydrogen) atoms. The summed E-state index contributed by atoms with van der Waals surface area (Å²) >= 11 is 0. The predicted molar refractivity (Wildman–Crippen MR) is 110 cm³/mol. The molecule has 1 aliphatic rings. The van der Waals surface area contributed by atoms with Crippen molar-refractivity contribution in [2.45, 2.75) is 4.90 Å². The van der Waals surface area contributed by atoms with Crippen molar-refractivity contribution in [1.29, 1.82) is 0 Å². The van der Waals surface area contributed by atoms with Crippen LogP contribution in [0.4, 0.5) is 11.4 Å². The average Bonchev–Trinajstić information content (AvgIpc) is 2.71. The number of amides is 1. The van der Waals surface area contributed by atoms with Crippen molar-refractivity contribution in [2.24, 2.45) is 0 Å². The molecule has 2 aromatic rings. The number of carbonyl (C=O) groups excluding carboxylic acids is 1. The van der Waals surface area contributed by atoms with Crippen LogP contribution in [-0.2, 0) is 14.6 Å². The maximum Gasteiger partial charge on any atom is 0.293 e. The van der Waals surface area contributed by atoms with E-state index in [2.05, 4.69) is 0 Å². The quantitative estimate of drug-likeness (QED) is 0.422. The zero-order chi connectivity index (χ0) is 21.0. The third-order valence-corrected chi connectivity index (χ3v) is 5.83. The summed E-state index contributed by atoms with van der Waals surface area (Å²) in [6.07, 6.45) is 4.29. The maximum absolute atomic E-state index is 12.4. The number of rotatable bonds is 5. The lowest BCUT2D eigenvalue weighted by Gasteiger charge is -2.35. The third kappa shape index (κ3) is 5.00. The molecule has 152 valence electrons. The molecule has 0 N–H and O–H groups in total. The van der Waals surface area contributed by atoms with Gasteiger partial charge in [-0.25, -0.2) is 8.42 Å². The molecule has 3 rings (SSSR count). The Labute approximate surface area is 169 Å².